The molecular formula is C16H16N4O3S. The third-order valence-electron chi connectivity index (χ3n) is 4.42. The Kier molecular flexibility index (Phi) is 3.56. The SMILES string of the molecule is O=C1C=CN=C(C2(N3CCCC3=O)SCC(=O)N2c2ccc[nH]2)C1. The zero-order valence-corrected chi connectivity index (χ0v) is 13.7. The molecule has 2 fully saturated rings. The topological polar surface area (TPSA) is 85.8 Å². The molecule has 1 aromatic rings. The van der Waals surface area contributed by atoms with Crippen LogP contribution in [0, 0.1) is 0 Å². The molecule has 0 aliphatic carbocycles. The van der Waals surface area contributed by atoms with Crippen LogP contribution in [-0.4, -0.2) is 50.5 Å². The predicted molar refractivity (Wildman–Crippen MR) is 90.6 cm³/mol. The number of hydrogen-bond donors (Lipinski definition) is 1. The van der Waals surface area contributed by atoms with Crippen molar-refractivity contribution in [3.8, 4) is 0 Å². The fraction of sp³-hybridized carbons (Fsp3) is 0.375. The van der Waals surface area contributed by atoms with E-state index in [1.807, 2.05) is 0 Å². The van der Waals surface area contributed by atoms with E-state index in [1.165, 1.54) is 24.0 Å². The van der Waals surface area contributed by atoms with Crippen molar-refractivity contribution >= 4 is 40.9 Å². The number of rotatable bonds is 3. The maximum absolute atomic E-state index is 12.7. The second-order valence-electron chi connectivity index (χ2n) is 5.86. The number of thioether (sulfide) groups is 1. The van der Waals surface area contributed by atoms with Gasteiger partial charge in [0.2, 0.25) is 16.8 Å². The summed E-state index contributed by atoms with van der Waals surface area (Å²) in [6.45, 7) is 0.549. The zero-order chi connectivity index (χ0) is 16.7. The van der Waals surface area contributed by atoms with E-state index < -0.39 is 4.99 Å². The number of ketones is 1. The summed E-state index contributed by atoms with van der Waals surface area (Å²) in [5.74, 6) is 0.650. The predicted octanol–water partition coefficient (Wildman–Crippen LogP) is 1.30. The molecule has 124 valence electrons. The van der Waals surface area contributed by atoms with E-state index >= 15 is 0 Å². The summed E-state index contributed by atoms with van der Waals surface area (Å²) in [6, 6.07) is 3.59. The van der Waals surface area contributed by atoms with Gasteiger partial charge in [0.25, 0.3) is 0 Å². The number of carbonyl (C=O) groups is 3. The summed E-state index contributed by atoms with van der Waals surface area (Å²) < 4.78 is 0. The van der Waals surface area contributed by atoms with Gasteiger partial charge in [-0.1, -0.05) is 11.8 Å². The smallest absolute Gasteiger partial charge is 0.241 e. The molecule has 0 bridgehead atoms. The summed E-state index contributed by atoms with van der Waals surface area (Å²) in [7, 11) is 0. The second kappa shape index (κ2) is 5.62. The number of carbonyl (C=O) groups excluding carboxylic acids is 3. The molecule has 0 aromatic carbocycles. The molecule has 4 heterocycles. The first-order valence-corrected chi connectivity index (χ1v) is 8.79. The van der Waals surface area contributed by atoms with Gasteiger partial charge in [-0.25, -0.2) is 0 Å². The minimum atomic E-state index is -1.06. The minimum absolute atomic E-state index is 0.0153. The highest BCUT2D eigenvalue weighted by atomic mass is 32.2. The highest BCUT2D eigenvalue weighted by Gasteiger charge is 2.58. The van der Waals surface area contributed by atoms with Gasteiger partial charge in [0.1, 0.15) is 5.82 Å². The first-order valence-electron chi connectivity index (χ1n) is 7.80. The molecule has 8 heteroatoms. The van der Waals surface area contributed by atoms with Gasteiger partial charge in [0.05, 0.1) is 17.9 Å². The van der Waals surface area contributed by atoms with E-state index in [1.54, 1.807) is 28.1 Å². The third-order valence-corrected chi connectivity index (χ3v) is 5.85. The molecule has 1 atom stereocenters. The van der Waals surface area contributed by atoms with Crippen molar-refractivity contribution < 1.29 is 14.4 Å². The molecule has 1 aromatic heterocycles. The number of H-pyrrole nitrogens is 1. The number of nitrogens with one attached hydrogen (secondary N) is 1. The molecule has 3 aliphatic rings. The Hall–Kier alpha value is -2.35. The van der Waals surface area contributed by atoms with E-state index in [4.69, 9.17) is 0 Å². The van der Waals surface area contributed by atoms with Crippen molar-refractivity contribution in [3.05, 3.63) is 30.6 Å². The quantitative estimate of drug-likeness (QED) is 0.895. The van der Waals surface area contributed by atoms with Crippen LogP contribution in [-0.2, 0) is 14.4 Å². The Labute approximate surface area is 142 Å². The normalized spacial score (nSPS) is 27.3. The average Bonchev–Trinajstić information content (AvgIpc) is 3.28. The Bertz CT molecular complexity index is 770. The first kappa shape index (κ1) is 15.2. The summed E-state index contributed by atoms with van der Waals surface area (Å²) in [4.78, 5) is 46.8. The monoisotopic (exact) mass is 344 g/mol. The largest absolute Gasteiger partial charge is 0.348 e. The van der Waals surface area contributed by atoms with Crippen molar-refractivity contribution in [2.24, 2.45) is 4.99 Å². The lowest BCUT2D eigenvalue weighted by molar-refractivity contribution is -0.129. The summed E-state index contributed by atoms with van der Waals surface area (Å²) in [5, 5.41) is 0. The van der Waals surface area contributed by atoms with Crippen LogP contribution in [0.15, 0.2) is 35.6 Å². The highest BCUT2D eigenvalue weighted by Crippen LogP contribution is 2.46. The van der Waals surface area contributed by atoms with E-state index in [9.17, 15) is 14.4 Å². The average molecular weight is 344 g/mol. The van der Waals surface area contributed by atoms with Gasteiger partial charge >= 0.3 is 0 Å². The van der Waals surface area contributed by atoms with Crippen LogP contribution >= 0.6 is 11.8 Å². The van der Waals surface area contributed by atoms with Crippen LogP contribution in [0.2, 0.25) is 0 Å². The van der Waals surface area contributed by atoms with Gasteiger partial charge in [0.15, 0.2) is 5.78 Å². The number of likely N-dealkylation sites (tertiary alicyclic amines) is 1. The molecule has 3 aliphatic heterocycles. The van der Waals surface area contributed by atoms with E-state index in [2.05, 4.69) is 9.98 Å². The van der Waals surface area contributed by atoms with Crippen LogP contribution in [0.25, 0.3) is 0 Å². The highest BCUT2D eigenvalue weighted by molar-refractivity contribution is 8.02. The van der Waals surface area contributed by atoms with Crippen LogP contribution in [0.1, 0.15) is 19.3 Å². The maximum atomic E-state index is 12.7. The molecule has 0 saturated carbocycles. The number of aliphatic imine (C=N–C) groups is 1. The summed E-state index contributed by atoms with van der Waals surface area (Å²) in [5.41, 5.74) is 0.538. The van der Waals surface area contributed by atoms with Gasteiger partial charge in [0, 0.05) is 25.4 Å². The number of anilines is 1. The van der Waals surface area contributed by atoms with Crippen LogP contribution in [0.4, 0.5) is 5.82 Å². The van der Waals surface area contributed by atoms with E-state index in [0.29, 0.717) is 24.5 Å². The number of hydrogen-bond acceptors (Lipinski definition) is 5. The van der Waals surface area contributed by atoms with Gasteiger partial charge in [-0.05, 0) is 24.6 Å². The molecule has 1 unspecified atom stereocenters. The Morgan fingerprint density at radius 2 is 2.12 bits per heavy atom. The van der Waals surface area contributed by atoms with Crippen molar-refractivity contribution in [1.29, 1.82) is 0 Å². The molecule has 0 radical (unpaired) electrons. The van der Waals surface area contributed by atoms with Gasteiger partial charge in [-0.2, -0.15) is 0 Å². The molecule has 0 spiro atoms. The lowest BCUT2D eigenvalue weighted by Gasteiger charge is -2.44. The van der Waals surface area contributed by atoms with Crippen molar-refractivity contribution in [2.45, 2.75) is 24.3 Å². The van der Waals surface area contributed by atoms with Gasteiger partial charge in [-0.15, -0.1) is 0 Å². The van der Waals surface area contributed by atoms with E-state index in [0.717, 1.165) is 6.42 Å². The van der Waals surface area contributed by atoms with Crippen LogP contribution in [0.3, 0.4) is 0 Å². The lowest BCUT2D eigenvalue weighted by Crippen LogP contribution is -2.63. The number of aromatic amines is 1. The molecule has 2 saturated heterocycles. The van der Waals surface area contributed by atoms with Crippen molar-refractivity contribution in [1.82, 2.24) is 9.88 Å². The standard InChI is InChI=1S/C16H16N4O3S/c21-11-5-7-17-12(9-11)16(19-8-2-4-14(19)22)20(15(23)10-24-16)13-3-1-6-18-13/h1,3,5-7,18H,2,4,8-10H2. The Morgan fingerprint density at radius 3 is 2.79 bits per heavy atom. The number of allylic oxidation sites excluding steroid dienone is 1. The Balaban J connectivity index is 1.89. The van der Waals surface area contributed by atoms with Crippen LogP contribution in [0.5, 0.6) is 0 Å². The summed E-state index contributed by atoms with van der Waals surface area (Å²) >= 11 is 1.36. The molecule has 24 heavy (non-hydrogen) atoms. The molecule has 7 nitrogen and oxygen atoms in total. The Morgan fingerprint density at radius 1 is 1.25 bits per heavy atom. The zero-order valence-electron chi connectivity index (χ0n) is 12.9. The first-order chi connectivity index (χ1) is 11.6. The maximum Gasteiger partial charge on any atom is 0.241 e. The van der Waals surface area contributed by atoms with Gasteiger partial charge < -0.3 is 9.88 Å². The molecule has 4 rings (SSSR count). The lowest BCUT2D eigenvalue weighted by atomic mass is 10.1. The van der Waals surface area contributed by atoms with E-state index in [-0.39, 0.29) is 29.8 Å². The molecular weight excluding hydrogens is 328 g/mol. The van der Waals surface area contributed by atoms with Gasteiger partial charge in [-0.3, -0.25) is 24.3 Å². The minimum Gasteiger partial charge on any atom is -0.348 e. The fourth-order valence-corrected chi connectivity index (χ4v) is 4.86. The summed E-state index contributed by atoms with van der Waals surface area (Å²) in [6.07, 6.45) is 5.91. The van der Waals surface area contributed by atoms with Crippen LogP contribution < -0.4 is 4.90 Å². The third kappa shape index (κ3) is 2.13. The van der Waals surface area contributed by atoms with Crippen molar-refractivity contribution in [3.63, 3.8) is 0 Å². The fourth-order valence-electron chi connectivity index (χ4n) is 3.43. The molecule has 2 amide bonds. The van der Waals surface area contributed by atoms with Crippen molar-refractivity contribution in [2.75, 3.05) is 17.2 Å². The molecule has 1 N–H and O–H groups in total. The number of amides is 2. The number of nitrogens with zero attached hydrogens (tertiary/aromatic N) is 3. The second-order valence-corrected chi connectivity index (χ2v) is 7.01. The number of aromatic nitrogens is 1.